The van der Waals surface area contributed by atoms with Crippen molar-refractivity contribution < 1.29 is 0 Å². The van der Waals surface area contributed by atoms with Crippen molar-refractivity contribution >= 4 is 42.3 Å². The minimum absolute atomic E-state index is 0.0874. The van der Waals surface area contributed by atoms with E-state index in [4.69, 9.17) is 15.0 Å². The molecule has 10 rings (SSSR count). The van der Waals surface area contributed by atoms with E-state index in [2.05, 4.69) is 119 Å². The summed E-state index contributed by atoms with van der Waals surface area (Å²) in [6.45, 7) is 9.68. The molecule has 1 aliphatic carbocycles. The molecule has 0 fully saturated rings. The lowest BCUT2D eigenvalue weighted by molar-refractivity contribution is 0.299. The summed E-state index contributed by atoms with van der Waals surface area (Å²) in [5.74, 6) is 1.99. The van der Waals surface area contributed by atoms with Crippen LogP contribution in [0, 0.1) is 0 Å². The maximum atomic E-state index is 4.95. The van der Waals surface area contributed by atoms with Gasteiger partial charge in [0.1, 0.15) is 0 Å². The molecule has 3 nitrogen and oxygen atoms in total. The Balaban J connectivity index is 1.09. The Labute approximate surface area is 313 Å². The van der Waals surface area contributed by atoms with Gasteiger partial charge in [-0.25, -0.2) is 15.0 Å². The van der Waals surface area contributed by atoms with Crippen LogP contribution < -0.4 is 0 Å². The molecule has 9 aromatic rings. The molecule has 53 heavy (non-hydrogen) atoms. The largest absolute Gasteiger partial charge is 0.208 e. The van der Waals surface area contributed by atoms with E-state index < -0.39 is 0 Å². The van der Waals surface area contributed by atoms with Gasteiger partial charge < -0.3 is 0 Å². The molecule has 0 N–H and O–H groups in total. The van der Waals surface area contributed by atoms with Crippen LogP contribution in [0.1, 0.15) is 38.8 Å². The second-order valence-corrected chi connectivity index (χ2v) is 16.3. The molecule has 0 radical (unpaired) electrons. The Bertz CT molecular complexity index is 2810. The second-order valence-electron chi connectivity index (χ2n) is 15.3. The Morgan fingerprint density at radius 2 is 0.981 bits per heavy atom. The van der Waals surface area contributed by atoms with Gasteiger partial charge in [-0.2, -0.15) is 0 Å². The third-order valence-electron chi connectivity index (χ3n) is 11.9. The zero-order chi connectivity index (χ0) is 35.9. The summed E-state index contributed by atoms with van der Waals surface area (Å²) >= 11 is 1.94. The predicted octanol–water partition coefficient (Wildman–Crippen LogP) is 13.3. The Morgan fingerprint density at radius 1 is 0.434 bits per heavy atom. The summed E-state index contributed by atoms with van der Waals surface area (Å²) < 4.78 is 2.73. The third kappa shape index (κ3) is 4.89. The van der Waals surface area contributed by atoms with E-state index in [1.165, 1.54) is 64.3 Å². The second kappa shape index (κ2) is 11.8. The maximum Gasteiger partial charge on any atom is 0.164 e. The van der Waals surface area contributed by atoms with Crippen molar-refractivity contribution in [3.05, 3.63) is 163 Å². The van der Waals surface area contributed by atoms with Gasteiger partial charge in [0.05, 0.1) is 0 Å². The van der Waals surface area contributed by atoms with Gasteiger partial charge >= 0.3 is 0 Å². The zero-order valence-electron chi connectivity index (χ0n) is 30.2. The fourth-order valence-corrected chi connectivity index (χ4v) is 9.56. The normalized spacial score (nSPS) is 14.3. The predicted molar refractivity (Wildman–Crippen MR) is 223 cm³/mol. The van der Waals surface area contributed by atoms with Crippen molar-refractivity contribution in [1.82, 2.24) is 15.0 Å². The number of hydrogen-bond donors (Lipinski definition) is 0. The van der Waals surface area contributed by atoms with Crippen LogP contribution in [0.3, 0.4) is 0 Å². The van der Waals surface area contributed by atoms with Gasteiger partial charge in [-0.05, 0) is 61.6 Å². The minimum Gasteiger partial charge on any atom is -0.208 e. The van der Waals surface area contributed by atoms with E-state index >= 15 is 0 Å². The van der Waals surface area contributed by atoms with E-state index in [1.807, 2.05) is 72.0 Å². The number of fused-ring (bicyclic) bond motifs is 9. The van der Waals surface area contributed by atoms with Crippen LogP contribution in [-0.4, -0.2) is 15.0 Å². The standard InChI is InChI=1S/C49H37N3S/c1-48(2)39-27-26-38-42-36-18-12-11-13-31(36)24-28-41(42)53-44(38)43(39)37-25-23-35(29-40(37)49(48,3)4)30-19-21-34(22-20-30)47-51-45(32-14-7-5-8-15-32)50-46(52-47)33-16-9-6-10-17-33/h5-29H,1-4H3. The number of hydrogen-bond acceptors (Lipinski definition) is 4. The van der Waals surface area contributed by atoms with Crippen molar-refractivity contribution in [2.75, 3.05) is 0 Å². The molecule has 0 bridgehead atoms. The molecule has 0 amide bonds. The lowest BCUT2D eigenvalue weighted by Gasteiger charge is -2.48. The lowest BCUT2D eigenvalue weighted by Crippen LogP contribution is -2.43. The van der Waals surface area contributed by atoms with Crippen LogP contribution in [0.15, 0.2) is 152 Å². The first kappa shape index (κ1) is 31.7. The number of nitrogens with zero attached hydrogens (tertiary/aromatic N) is 3. The van der Waals surface area contributed by atoms with Crippen LogP contribution in [0.5, 0.6) is 0 Å². The summed E-state index contributed by atoms with van der Waals surface area (Å²) in [6, 6.07) is 54.2. The van der Waals surface area contributed by atoms with Crippen LogP contribution in [0.25, 0.3) is 87.4 Å². The molecule has 1 aliphatic rings. The molecule has 0 atom stereocenters. The van der Waals surface area contributed by atoms with Crippen LogP contribution in [0.2, 0.25) is 0 Å². The highest BCUT2D eigenvalue weighted by molar-refractivity contribution is 7.26. The highest BCUT2D eigenvalue weighted by atomic mass is 32.1. The summed E-state index contributed by atoms with van der Waals surface area (Å²) in [5, 5.41) is 5.34. The molecule has 0 saturated heterocycles. The van der Waals surface area contributed by atoms with Crippen molar-refractivity contribution in [1.29, 1.82) is 0 Å². The summed E-state index contributed by atoms with van der Waals surface area (Å²) in [5.41, 5.74) is 10.6. The number of benzene rings is 7. The van der Waals surface area contributed by atoms with Crippen LogP contribution in [0.4, 0.5) is 0 Å². The molecular formula is C49H37N3S. The van der Waals surface area contributed by atoms with E-state index in [0.717, 1.165) is 16.7 Å². The summed E-state index contributed by atoms with van der Waals surface area (Å²) in [4.78, 5) is 14.8. The fourth-order valence-electron chi connectivity index (χ4n) is 8.28. The van der Waals surface area contributed by atoms with Gasteiger partial charge in [-0.1, -0.05) is 167 Å². The highest BCUT2D eigenvalue weighted by Gasteiger charge is 2.46. The average molecular weight is 700 g/mol. The van der Waals surface area contributed by atoms with Gasteiger partial charge in [0, 0.05) is 42.4 Å². The molecule has 0 saturated carbocycles. The quantitative estimate of drug-likeness (QED) is 0.184. The smallest absolute Gasteiger partial charge is 0.164 e. The molecule has 7 aromatic carbocycles. The molecule has 0 spiro atoms. The molecule has 4 heteroatoms. The Hall–Kier alpha value is -5.97. The van der Waals surface area contributed by atoms with Gasteiger partial charge in [-0.3, -0.25) is 0 Å². The lowest BCUT2D eigenvalue weighted by atomic mass is 9.55. The molecule has 2 aromatic heterocycles. The first-order valence-corrected chi connectivity index (χ1v) is 19.1. The molecule has 2 heterocycles. The fraction of sp³-hybridized carbons (Fsp3) is 0.122. The number of thiophene rings is 1. The van der Waals surface area contributed by atoms with Gasteiger partial charge in [0.15, 0.2) is 17.5 Å². The van der Waals surface area contributed by atoms with Crippen molar-refractivity contribution in [3.63, 3.8) is 0 Å². The van der Waals surface area contributed by atoms with Gasteiger partial charge in [0.25, 0.3) is 0 Å². The van der Waals surface area contributed by atoms with Crippen molar-refractivity contribution in [3.8, 4) is 56.4 Å². The molecule has 0 aliphatic heterocycles. The van der Waals surface area contributed by atoms with Crippen molar-refractivity contribution in [2.24, 2.45) is 0 Å². The first-order chi connectivity index (χ1) is 25.8. The highest BCUT2D eigenvalue weighted by Crippen LogP contribution is 2.57. The molecule has 254 valence electrons. The average Bonchev–Trinajstić information content (AvgIpc) is 3.60. The van der Waals surface area contributed by atoms with E-state index in [-0.39, 0.29) is 10.8 Å². The maximum absolute atomic E-state index is 4.95. The summed E-state index contributed by atoms with van der Waals surface area (Å²) in [6.07, 6.45) is 0. The molecular weight excluding hydrogens is 663 g/mol. The minimum atomic E-state index is -0.102. The van der Waals surface area contributed by atoms with E-state index in [0.29, 0.717) is 17.5 Å². The van der Waals surface area contributed by atoms with Gasteiger partial charge in [0.2, 0.25) is 0 Å². The number of aromatic nitrogens is 3. The summed E-state index contributed by atoms with van der Waals surface area (Å²) in [7, 11) is 0. The van der Waals surface area contributed by atoms with E-state index in [9.17, 15) is 0 Å². The molecule has 0 unspecified atom stereocenters. The topological polar surface area (TPSA) is 38.7 Å². The zero-order valence-corrected chi connectivity index (χ0v) is 31.0. The van der Waals surface area contributed by atoms with E-state index in [1.54, 1.807) is 0 Å². The van der Waals surface area contributed by atoms with Gasteiger partial charge in [-0.15, -0.1) is 11.3 Å². The Morgan fingerprint density at radius 3 is 1.64 bits per heavy atom. The Kier molecular flexibility index (Phi) is 7.05. The van der Waals surface area contributed by atoms with Crippen LogP contribution >= 0.6 is 11.3 Å². The monoisotopic (exact) mass is 699 g/mol. The van der Waals surface area contributed by atoms with Crippen LogP contribution in [-0.2, 0) is 10.8 Å². The number of rotatable bonds is 4. The third-order valence-corrected chi connectivity index (χ3v) is 13.1. The van der Waals surface area contributed by atoms with Crippen molar-refractivity contribution in [2.45, 2.75) is 38.5 Å². The SMILES string of the molecule is CC1(C)c2cc(-c3ccc(-c4nc(-c5ccccc5)nc(-c5ccccc5)n4)cc3)ccc2-c2c(ccc3c2sc2ccc4ccccc4c23)C1(C)C. The first-order valence-electron chi connectivity index (χ1n) is 18.3.